The zero-order valence-corrected chi connectivity index (χ0v) is 59.3. The van der Waals surface area contributed by atoms with Crippen molar-refractivity contribution in [1.82, 2.24) is 30.7 Å². The van der Waals surface area contributed by atoms with Gasteiger partial charge in [0.05, 0.1) is 25.0 Å². The lowest BCUT2D eigenvalue weighted by molar-refractivity contribution is -0.156. The van der Waals surface area contributed by atoms with E-state index in [0.29, 0.717) is 106 Å². The summed E-state index contributed by atoms with van der Waals surface area (Å²) in [7, 11) is 1.32. The van der Waals surface area contributed by atoms with Crippen molar-refractivity contribution in [3.63, 3.8) is 0 Å². The summed E-state index contributed by atoms with van der Waals surface area (Å²) in [5, 5.41) is 23.5. The van der Waals surface area contributed by atoms with Gasteiger partial charge in [0.15, 0.2) is 5.78 Å². The van der Waals surface area contributed by atoms with E-state index in [1.165, 1.54) is 30.6 Å². The number of urea groups is 1. The first-order valence-corrected chi connectivity index (χ1v) is 35.7. The molecule has 10 atom stereocenters. The van der Waals surface area contributed by atoms with Crippen molar-refractivity contribution in [3.8, 4) is 5.75 Å². The number of ketones is 2. The maximum absolute atomic E-state index is 15.3. The second-order valence-corrected chi connectivity index (χ2v) is 27.6. The molecule has 1 unspecified atom stereocenters. The minimum atomic E-state index is -0.880. The number of carbonyl (C=O) groups excluding carboxylic acids is 11. The molecule has 1 fully saturated rings. The van der Waals surface area contributed by atoms with Crippen molar-refractivity contribution in [2.45, 2.75) is 209 Å². The molecule has 0 saturated heterocycles. The van der Waals surface area contributed by atoms with Gasteiger partial charge in [-0.2, -0.15) is 0 Å². The summed E-state index contributed by atoms with van der Waals surface area (Å²) in [6.07, 6.45) is 9.32. The third-order valence-electron chi connectivity index (χ3n) is 18.4. The van der Waals surface area contributed by atoms with Crippen LogP contribution >= 0.6 is 11.3 Å². The third-order valence-corrected chi connectivity index (χ3v) is 19.4. The Bertz CT molecular complexity index is 3110. The summed E-state index contributed by atoms with van der Waals surface area (Å²) in [6, 6.07) is 11.0. The molecule has 3 aromatic rings. The molecule has 5 rings (SSSR count). The molecule has 1 aromatic heterocycles. The number of ether oxygens (including phenoxy) is 3. The number of phenolic OH excluding ortho intramolecular Hbond substituents is 1. The van der Waals surface area contributed by atoms with Crippen molar-refractivity contribution in [1.29, 1.82) is 0 Å². The van der Waals surface area contributed by atoms with Gasteiger partial charge >= 0.3 is 18.0 Å². The van der Waals surface area contributed by atoms with E-state index in [9.17, 15) is 53.1 Å². The molecule has 97 heavy (non-hydrogen) atoms. The molecule has 534 valence electrons. The lowest BCUT2D eigenvalue weighted by Gasteiger charge is -2.39. The van der Waals surface area contributed by atoms with Gasteiger partial charge in [-0.25, -0.2) is 9.78 Å². The van der Waals surface area contributed by atoms with Gasteiger partial charge in [0.2, 0.25) is 17.7 Å². The van der Waals surface area contributed by atoms with Crippen LogP contribution < -0.4 is 27.0 Å². The average molecular weight is 1370 g/mol. The fourth-order valence-electron chi connectivity index (χ4n) is 12.7. The fourth-order valence-corrected chi connectivity index (χ4v) is 13.5. The second-order valence-electron chi connectivity index (χ2n) is 26.7. The van der Waals surface area contributed by atoms with E-state index in [1.54, 1.807) is 74.7 Å². The highest BCUT2D eigenvalue weighted by molar-refractivity contribution is 7.09. The maximum Gasteiger partial charge on any atom is 0.312 e. The van der Waals surface area contributed by atoms with Crippen LogP contribution in [-0.4, -0.2) is 136 Å². The third kappa shape index (κ3) is 25.5. The Kier molecular flexibility index (Phi) is 33.5. The summed E-state index contributed by atoms with van der Waals surface area (Å²) in [5.74, 6) is -7.28. The zero-order chi connectivity index (χ0) is 71.3. The number of Topliss-reactive ketones (excluding diaryl/α,β-unsaturated/α-hetero) is 2. The van der Waals surface area contributed by atoms with Crippen molar-refractivity contribution < 1.29 is 72.1 Å². The van der Waals surface area contributed by atoms with Gasteiger partial charge < -0.3 is 51.2 Å². The predicted molar refractivity (Wildman–Crippen MR) is 369 cm³/mol. The number of aromatic hydroxyl groups is 1. The number of hydrogen-bond donors (Lipinski definition) is 6. The molecule has 2 aromatic carbocycles. The Balaban J connectivity index is 1.22. The van der Waals surface area contributed by atoms with Gasteiger partial charge in [0, 0.05) is 105 Å². The van der Waals surface area contributed by atoms with Gasteiger partial charge in [0.25, 0.3) is 17.7 Å². The zero-order valence-electron chi connectivity index (χ0n) is 58.5. The maximum atomic E-state index is 15.3. The van der Waals surface area contributed by atoms with Crippen molar-refractivity contribution in [2.75, 3.05) is 38.7 Å². The molecule has 23 nitrogen and oxygen atoms in total. The number of unbranched alkanes of at least 4 members (excludes halogenated alkanes) is 2. The Morgan fingerprint density at radius 3 is 2.08 bits per heavy atom. The number of aromatic nitrogens is 1. The number of esters is 2. The number of thiazole rings is 1. The lowest BCUT2D eigenvalue weighted by Crippen LogP contribution is -2.49. The number of rotatable bonds is 43. The number of hydrogen-bond acceptors (Lipinski definition) is 17. The van der Waals surface area contributed by atoms with E-state index in [1.807, 2.05) is 32.6 Å². The first-order chi connectivity index (χ1) is 46.3. The van der Waals surface area contributed by atoms with Crippen molar-refractivity contribution in [3.05, 3.63) is 87.9 Å². The summed E-state index contributed by atoms with van der Waals surface area (Å²) in [4.78, 5) is 155. The number of anilines is 1. The van der Waals surface area contributed by atoms with Gasteiger partial charge in [0.1, 0.15) is 34.9 Å². The Hall–Kier alpha value is -7.86. The Labute approximate surface area is 576 Å². The monoisotopic (exact) mass is 1370 g/mol. The highest BCUT2D eigenvalue weighted by Gasteiger charge is 2.42. The number of benzene rings is 2. The van der Waals surface area contributed by atoms with Gasteiger partial charge in [-0.3, -0.25) is 52.8 Å². The molecule has 0 spiro atoms. The van der Waals surface area contributed by atoms with Gasteiger partial charge in [-0.1, -0.05) is 112 Å². The molecule has 24 heteroatoms. The van der Waals surface area contributed by atoms with E-state index in [-0.39, 0.29) is 116 Å². The number of carbonyl (C=O) groups is 11. The van der Waals surface area contributed by atoms with E-state index >= 15 is 4.79 Å². The minimum absolute atomic E-state index is 0.0440. The number of phenols is 1. The van der Waals surface area contributed by atoms with Gasteiger partial charge in [-0.05, 0) is 117 Å². The fraction of sp³-hybridized carbons (Fsp3) is 0.616. The predicted octanol–water partition coefficient (Wildman–Crippen LogP) is 10.3. The molecule has 0 bridgehead atoms. The van der Waals surface area contributed by atoms with Crippen LogP contribution in [0.4, 0.5) is 10.5 Å². The molecular weight excluding hydrogens is 1260 g/mol. The molecule has 2 heterocycles. The number of methoxy groups -OCH3 is 1. The molecule has 8 amide bonds. The van der Waals surface area contributed by atoms with Crippen LogP contribution in [0.15, 0.2) is 66.1 Å². The van der Waals surface area contributed by atoms with E-state index in [2.05, 4.69) is 35.1 Å². The highest BCUT2D eigenvalue weighted by Crippen LogP contribution is 2.37. The number of primary amides is 1. The lowest BCUT2D eigenvalue weighted by atomic mass is 9.73. The number of nitrogens with zero attached hydrogens (tertiary/aromatic N) is 3. The SMILES string of the molecule is CCCO[C@H](C[C@H](C(C)C)N(CCC)C(=O)[C@@H](CC(=O)[C@H]1CCCCC1C(=O)OCc1ccc(NC(=O)[C@H](CCCNC(N)=O)CC(=O)[C@@H](NC(=O)CCCCCN2C(=O)C=CC2=O)C(C)C)cc1)[C@@H](C)CC)c1nc(C(=O)N[C@@H](Cc2ccc(O)cc2)C[C@H](C)C(=O)OC)cs1. The standard InChI is InChI=1S/C73H106N8O15S/c1-11-35-80(59(45(4)5)42-62(95-37-12-2)69-78-58(44-97-69)68(89)77-53(38-48(9)71(91)94-10)39-49-26-30-54(82)31-27-49)70(90)57(47(8)13-3)41-60(83)55-21-16-17-22-56(55)72(92)96-43-50-24-28-52(29-25-50)76-67(88)51(20-19-34-75-73(74)93)40-61(84)66(46(6)7)79-63(85)23-15-14-18-36-81-64(86)32-33-65(81)87/h24-33,44-48,51,53,55-57,59,62,66,82H,11-23,34-43H2,1-10H3,(H,76,88)(H,77,89)(H,79,85)(H3,74,75,93)/t47-,48-,51+,53+,55-,56?,57-,59+,62+,66-/m0/s1. The first-order valence-electron chi connectivity index (χ1n) is 34.8. The molecule has 0 radical (unpaired) electrons. The van der Waals surface area contributed by atoms with Crippen LogP contribution in [0.2, 0.25) is 0 Å². The van der Waals surface area contributed by atoms with Gasteiger partial charge in [-0.15, -0.1) is 11.3 Å². The second kappa shape index (κ2) is 40.8. The smallest absolute Gasteiger partial charge is 0.312 e. The van der Waals surface area contributed by atoms with Crippen molar-refractivity contribution in [2.24, 2.45) is 53.1 Å². The Morgan fingerprint density at radius 1 is 0.794 bits per heavy atom. The normalized spacial score (nSPS) is 17.1. The molecular formula is C73H106N8O15S. The average Bonchev–Trinajstić information content (AvgIpc) is 1.70. The summed E-state index contributed by atoms with van der Waals surface area (Å²) in [5.41, 5.74) is 7.35. The number of imide groups is 1. The van der Waals surface area contributed by atoms with Crippen LogP contribution in [-0.2, 0) is 70.4 Å². The van der Waals surface area contributed by atoms with E-state index < -0.39 is 77.6 Å². The van der Waals surface area contributed by atoms with E-state index in [4.69, 9.17) is 24.9 Å². The molecule has 2 aliphatic rings. The highest BCUT2D eigenvalue weighted by atomic mass is 32.1. The van der Waals surface area contributed by atoms with Crippen LogP contribution in [0.5, 0.6) is 5.75 Å². The van der Waals surface area contributed by atoms with Crippen LogP contribution in [0, 0.1) is 47.3 Å². The molecule has 7 N–H and O–H groups in total. The number of nitrogens with two attached hydrogens (primary N) is 1. The topological polar surface area (TPSA) is 329 Å². The van der Waals surface area contributed by atoms with E-state index in [0.717, 1.165) is 23.3 Å². The van der Waals surface area contributed by atoms with Crippen LogP contribution in [0.25, 0.3) is 0 Å². The minimum Gasteiger partial charge on any atom is -0.508 e. The van der Waals surface area contributed by atoms with Crippen molar-refractivity contribution >= 4 is 82.0 Å². The molecule has 1 saturated carbocycles. The summed E-state index contributed by atoms with van der Waals surface area (Å²) in [6.45, 7) is 18.6. The van der Waals surface area contributed by atoms with Crippen LogP contribution in [0.1, 0.15) is 204 Å². The summed E-state index contributed by atoms with van der Waals surface area (Å²) >= 11 is 1.30. The quantitative estimate of drug-likeness (QED) is 0.0174. The molecule has 1 aliphatic carbocycles. The first kappa shape index (κ1) is 79.8. The van der Waals surface area contributed by atoms with Crippen LogP contribution in [0.3, 0.4) is 0 Å². The largest absolute Gasteiger partial charge is 0.508 e. The Morgan fingerprint density at radius 2 is 1.46 bits per heavy atom. The summed E-state index contributed by atoms with van der Waals surface area (Å²) < 4.78 is 17.4. The molecule has 1 aliphatic heterocycles. The number of nitrogens with one attached hydrogen (secondary N) is 4. The number of amides is 8.